The summed E-state index contributed by atoms with van der Waals surface area (Å²) in [6.45, 7) is 2.86. The van der Waals surface area contributed by atoms with E-state index < -0.39 is 0 Å². The summed E-state index contributed by atoms with van der Waals surface area (Å²) in [7, 11) is 1.64. The number of hydrogen-bond donors (Lipinski definition) is 1. The van der Waals surface area contributed by atoms with Gasteiger partial charge in [0, 0.05) is 38.3 Å². The molecule has 2 rings (SSSR count). The van der Waals surface area contributed by atoms with Gasteiger partial charge in [0.1, 0.15) is 0 Å². The Morgan fingerprint density at radius 1 is 1.19 bits per heavy atom. The van der Waals surface area contributed by atoms with Crippen molar-refractivity contribution in [1.82, 2.24) is 5.32 Å². The van der Waals surface area contributed by atoms with Crippen LogP contribution in [0.25, 0.3) is 0 Å². The fourth-order valence-corrected chi connectivity index (χ4v) is 1.98. The summed E-state index contributed by atoms with van der Waals surface area (Å²) in [5.41, 5.74) is 0.877. The third-order valence-corrected chi connectivity index (χ3v) is 3.32. The fraction of sp³-hybridized carbons (Fsp3) is 0.625. The van der Waals surface area contributed by atoms with Crippen LogP contribution in [0.2, 0.25) is 0 Å². The van der Waals surface area contributed by atoms with Gasteiger partial charge in [0.2, 0.25) is 0 Å². The molecule has 0 amide bonds. The zero-order valence-electron chi connectivity index (χ0n) is 12.6. The Kier molecular flexibility index (Phi) is 6.92. The van der Waals surface area contributed by atoms with Crippen molar-refractivity contribution < 1.29 is 18.6 Å². The smallest absolute Gasteiger partial charge is 0.165 e. The van der Waals surface area contributed by atoms with Gasteiger partial charge in [-0.2, -0.15) is 0 Å². The maximum Gasteiger partial charge on any atom is 0.165 e. The van der Waals surface area contributed by atoms with Gasteiger partial charge in [-0.3, -0.25) is 0 Å². The Hall–Kier alpha value is -1.17. The highest BCUT2D eigenvalue weighted by Gasteiger charge is 2.21. The molecule has 1 aromatic carbocycles. The van der Waals surface area contributed by atoms with Crippen LogP contribution in [-0.4, -0.2) is 39.6 Å². The molecule has 118 valence electrons. The van der Waals surface area contributed by atoms with Gasteiger partial charge in [0.15, 0.2) is 11.6 Å². The molecule has 0 bridgehead atoms. The highest BCUT2D eigenvalue weighted by atomic mass is 19.1. The van der Waals surface area contributed by atoms with Crippen LogP contribution in [0.4, 0.5) is 4.39 Å². The van der Waals surface area contributed by atoms with E-state index in [4.69, 9.17) is 14.2 Å². The SMILES string of the molecule is COCCOCCCOc1c(F)cccc1CNC1CC1. The van der Waals surface area contributed by atoms with Gasteiger partial charge in [-0.1, -0.05) is 12.1 Å². The lowest BCUT2D eigenvalue weighted by Gasteiger charge is -2.13. The van der Waals surface area contributed by atoms with E-state index in [9.17, 15) is 4.39 Å². The van der Waals surface area contributed by atoms with E-state index in [-0.39, 0.29) is 5.82 Å². The summed E-state index contributed by atoms with van der Waals surface area (Å²) in [6, 6.07) is 5.66. The molecule has 0 atom stereocenters. The number of rotatable bonds is 11. The lowest BCUT2D eigenvalue weighted by atomic mass is 10.2. The molecule has 21 heavy (non-hydrogen) atoms. The normalized spacial score (nSPS) is 14.4. The van der Waals surface area contributed by atoms with Crippen molar-refractivity contribution >= 4 is 0 Å². The molecule has 1 aliphatic carbocycles. The molecule has 0 aliphatic heterocycles. The van der Waals surface area contributed by atoms with E-state index in [0.717, 1.165) is 12.0 Å². The molecule has 4 nitrogen and oxygen atoms in total. The first-order valence-electron chi connectivity index (χ1n) is 7.51. The summed E-state index contributed by atoms with van der Waals surface area (Å²) in [4.78, 5) is 0. The van der Waals surface area contributed by atoms with Gasteiger partial charge >= 0.3 is 0 Å². The maximum atomic E-state index is 13.9. The summed E-state index contributed by atoms with van der Waals surface area (Å²) in [5, 5.41) is 3.38. The summed E-state index contributed by atoms with van der Waals surface area (Å²) >= 11 is 0. The van der Waals surface area contributed by atoms with Crippen LogP contribution in [0.15, 0.2) is 18.2 Å². The maximum absolute atomic E-state index is 13.9. The second-order valence-electron chi connectivity index (χ2n) is 5.19. The predicted molar refractivity (Wildman–Crippen MR) is 79.1 cm³/mol. The molecule has 1 N–H and O–H groups in total. The Morgan fingerprint density at radius 2 is 2.05 bits per heavy atom. The van der Waals surface area contributed by atoms with Gasteiger partial charge < -0.3 is 19.5 Å². The lowest BCUT2D eigenvalue weighted by molar-refractivity contribution is 0.0641. The Labute approximate surface area is 125 Å². The Bertz CT molecular complexity index is 424. The van der Waals surface area contributed by atoms with Crippen LogP contribution in [0, 0.1) is 5.82 Å². The van der Waals surface area contributed by atoms with Gasteiger partial charge in [0.25, 0.3) is 0 Å². The standard InChI is InChI=1S/C16H24FNO3/c1-19-10-11-20-8-3-9-21-16-13(4-2-5-15(16)17)12-18-14-6-7-14/h2,4-5,14,18H,3,6-12H2,1H3. The van der Waals surface area contributed by atoms with Gasteiger partial charge in [-0.15, -0.1) is 0 Å². The molecule has 1 aromatic rings. The van der Waals surface area contributed by atoms with E-state index in [0.29, 0.717) is 44.8 Å². The molecule has 5 heteroatoms. The van der Waals surface area contributed by atoms with Gasteiger partial charge in [0.05, 0.1) is 19.8 Å². The van der Waals surface area contributed by atoms with Crippen LogP contribution < -0.4 is 10.1 Å². The minimum absolute atomic E-state index is 0.301. The van der Waals surface area contributed by atoms with Crippen LogP contribution in [0.5, 0.6) is 5.75 Å². The zero-order valence-corrected chi connectivity index (χ0v) is 12.6. The first-order chi connectivity index (χ1) is 10.3. The minimum Gasteiger partial charge on any atom is -0.490 e. The molecule has 0 heterocycles. The van der Waals surface area contributed by atoms with Crippen molar-refractivity contribution in [2.75, 3.05) is 33.5 Å². The first-order valence-corrected chi connectivity index (χ1v) is 7.51. The minimum atomic E-state index is -0.301. The highest BCUT2D eigenvalue weighted by molar-refractivity contribution is 5.35. The first kappa shape index (κ1) is 16.2. The van der Waals surface area contributed by atoms with Gasteiger partial charge in [-0.05, 0) is 18.9 Å². The summed E-state index contributed by atoms with van der Waals surface area (Å²) in [5.74, 6) is 0.0629. The van der Waals surface area contributed by atoms with Crippen LogP contribution >= 0.6 is 0 Å². The van der Waals surface area contributed by atoms with Crippen molar-refractivity contribution in [3.8, 4) is 5.75 Å². The van der Waals surface area contributed by atoms with E-state index >= 15 is 0 Å². The molecule has 1 fully saturated rings. The topological polar surface area (TPSA) is 39.7 Å². The second-order valence-corrected chi connectivity index (χ2v) is 5.19. The van der Waals surface area contributed by atoms with E-state index in [2.05, 4.69) is 5.32 Å². The second kappa shape index (κ2) is 8.97. The molecule has 0 aromatic heterocycles. The molecular weight excluding hydrogens is 273 g/mol. The summed E-state index contributed by atoms with van der Waals surface area (Å²) in [6.07, 6.45) is 3.15. The van der Waals surface area contributed by atoms with Crippen molar-refractivity contribution in [1.29, 1.82) is 0 Å². The van der Waals surface area contributed by atoms with Crippen molar-refractivity contribution in [3.05, 3.63) is 29.6 Å². The molecule has 1 saturated carbocycles. The van der Waals surface area contributed by atoms with Crippen LogP contribution in [0.1, 0.15) is 24.8 Å². The number of para-hydroxylation sites is 1. The van der Waals surface area contributed by atoms with Crippen molar-refractivity contribution in [2.24, 2.45) is 0 Å². The number of benzene rings is 1. The zero-order chi connectivity index (χ0) is 14.9. The average molecular weight is 297 g/mol. The third-order valence-electron chi connectivity index (χ3n) is 3.32. The monoisotopic (exact) mass is 297 g/mol. The lowest BCUT2D eigenvalue weighted by Crippen LogP contribution is -2.17. The van der Waals surface area contributed by atoms with Crippen molar-refractivity contribution in [2.45, 2.75) is 31.8 Å². The number of halogens is 1. The van der Waals surface area contributed by atoms with Gasteiger partial charge in [-0.25, -0.2) is 4.39 Å². The average Bonchev–Trinajstić information content (AvgIpc) is 3.30. The third kappa shape index (κ3) is 5.99. The van der Waals surface area contributed by atoms with Crippen LogP contribution in [-0.2, 0) is 16.0 Å². The van der Waals surface area contributed by atoms with E-state index in [1.54, 1.807) is 13.2 Å². The van der Waals surface area contributed by atoms with Crippen molar-refractivity contribution in [3.63, 3.8) is 0 Å². The quantitative estimate of drug-likeness (QED) is 0.637. The van der Waals surface area contributed by atoms with E-state index in [1.807, 2.05) is 6.07 Å². The largest absolute Gasteiger partial charge is 0.490 e. The molecule has 0 spiro atoms. The highest BCUT2D eigenvalue weighted by Crippen LogP contribution is 2.25. The number of methoxy groups -OCH3 is 1. The fourth-order valence-electron chi connectivity index (χ4n) is 1.98. The number of nitrogens with one attached hydrogen (secondary N) is 1. The number of ether oxygens (including phenoxy) is 3. The van der Waals surface area contributed by atoms with E-state index in [1.165, 1.54) is 18.9 Å². The predicted octanol–water partition coefficient (Wildman–Crippen LogP) is 2.51. The summed E-state index contributed by atoms with van der Waals surface area (Å²) < 4.78 is 29.7. The molecule has 0 radical (unpaired) electrons. The molecule has 1 aliphatic rings. The number of hydrogen-bond acceptors (Lipinski definition) is 4. The molecular formula is C16H24FNO3. The molecule has 0 saturated heterocycles. The Morgan fingerprint density at radius 3 is 2.81 bits per heavy atom. The molecule has 0 unspecified atom stereocenters. The Balaban J connectivity index is 1.72. The van der Waals surface area contributed by atoms with Crippen LogP contribution in [0.3, 0.4) is 0 Å².